The van der Waals surface area contributed by atoms with E-state index in [2.05, 4.69) is 15.1 Å². The van der Waals surface area contributed by atoms with Gasteiger partial charge < -0.3 is 5.73 Å². The summed E-state index contributed by atoms with van der Waals surface area (Å²) in [4.78, 5) is 54.8. The van der Waals surface area contributed by atoms with Gasteiger partial charge in [-0.1, -0.05) is 6.07 Å². The van der Waals surface area contributed by atoms with Crippen LogP contribution in [0.3, 0.4) is 0 Å². The molecule has 4 amide bonds. The van der Waals surface area contributed by atoms with E-state index in [0.29, 0.717) is 24.2 Å². The molecule has 9 nitrogen and oxygen atoms in total. The summed E-state index contributed by atoms with van der Waals surface area (Å²) in [6.07, 6.45) is 0.279. The van der Waals surface area contributed by atoms with Crippen molar-refractivity contribution in [2.45, 2.75) is 25.4 Å². The van der Waals surface area contributed by atoms with Gasteiger partial charge in [-0.2, -0.15) is 0 Å². The van der Waals surface area contributed by atoms with E-state index in [-0.39, 0.29) is 18.7 Å². The Labute approximate surface area is 168 Å². The first-order valence-corrected chi connectivity index (χ1v) is 9.97. The van der Waals surface area contributed by atoms with Crippen LogP contribution in [0.25, 0.3) is 0 Å². The molecule has 154 valence electrons. The number of hydrogen-bond acceptors (Lipinski definition) is 7. The number of nitrogens with zero attached hydrogens (tertiary/aromatic N) is 3. The van der Waals surface area contributed by atoms with Crippen LogP contribution in [0.4, 0.5) is 0 Å². The quantitative estimate of drug-likeness (QED) is 0.621. The standard InChI is InChI=1S/C20H25N5O4/c21-5-6-23-7-9-24(10-8-23)12-13-1-2-14-15(11-13)20(29)25(19(14)28)16-3-4-17(26)22-18(16)27/h1-2,11,16H,3-10,12,21H2,(H,22,26,27). The van der Waals surface area contributed by atoms with Crippen molar-refractivity contribution in [3.05, 3.63) is 34.9 Å². The lowest BCUT2D eigenvalue weighted by Gasteiger charge is -2.34. The van der Waals surface area contributed by atoms with E-state index in [9.17, 15) is 19.2 Å². The van der Waals surface area contributed by atoms with Crippen LogP contribution in [0.15, 0.2) is 18.2 Å². The third-order valence-electron chi connectivity index (χ3n) is 5.82. The molecular weight excluding hydrogens is 374 g/mol. The molecule has 0 bridgehead atoms. The van der Waals surface area contributed by atoms with Crippen molar-refractivity contribution in [1.82, 2.24) is 20.0 Å². The second-order valence-electron chi connectivity index (χ2n) is 7.73. The summed E-state index contributed by atoms with van der Waals surface area (Å²) in [7, 11) is 0. The number of piperazine rings is 1. The minimum atomic E-state index is -0.931. The number of carbonyl (C=O) groups is 4. The molecule has 1 aromatic rings. The number of rotatable bonds is 5. The number of piperidine rings is 1. The third kappa shape index (κ3) is 3.81. The van der Waals surface area contributed by atoms with E-state index in [1.807, 2.05) is 6.07 Å². The van der Waals surface area contributed by atoms with Crippen molar-refractivity contribution in [2.75, 3.05) is 39.3 Å². The number of imide groups is 2. The molecule has 3 aliphatic rings. The number of fused-ring (bicyclic) bond motifs is 1. The van der Waals surface area contributed by atoms with Crippen molar-refractivity contribution in [2.24, 2.45) is 5.73 Å². The lowest BCUT2D eigenvalue weighted by Crippen LogP contribution is -2.54. The smallest absolute Gasteiger partial charge is 0.262 e. The zero-order valence-electron chi connectivity index (χ0n) is 16.2. The van der Waals surface area contributed by atoms with E-state index in [4.69, 9.17) is 5.73 Å². The molecule has 0 radical (unpaired) electrons. The van der Waals surface area contributed by atoms with Gasteiger partial charge in [0.15, 0.2) is 0 Å². The largest absolute Gasteiger partial charge is 0.329 e. The van der Waals surface area contributed by atoms with Crippen molar-refractivity contribution in [1.29, 1.82) is 0 Å². The predicted octanol–water partition coefficient (Wildman–Crippen LogP) is -0.836. The number of nitrogens with two attached hydrogens (primary N) is 1. The summed E-state index contributed by atoms with van der Waals surface area (Å²) in [6.45, 7) is 6.03. The normalized spacial score (nSPS) is 23.5. The molecule has 3 N–H and O–H groups in total. The summed E-state index contributed by atoms with van der Waals surface area (Å²) < 4.78 is 0. The first-order chi connectivity index (χ1) is 14.0. The summed E-state index contributed by atoms with van der Waals surface area (Å²) in [6, 6.07) is 4.36. The molecule has 1 aromatic carbocycles. The fourth-order valence-corrected chi connectivity index (χ4v) is 4.23. The average molecular weight is 399 g/mol. The van der Waals surface area contributed by atoms with Gasteiger partial charge in [-0.3, -0.25) is 39.2 Å². The van der Waals surface area contributed by atoms with Crippen LogP contribution in [0.5, 0.6) is 0 Å². The second-order valence-corrected chi connectivity index (χ2v) is 7.73. The van der Waals surface area contributed by atoms with Gasteiger partial charge in [0.25, 0.3) is 11.8 Å². The summed E-state index contributed by atoms with van der Waals surface area (Å²) in [5, 5.41) is 2.21. The Morgan fingerprint density at radius 1 is 0.966 bits per heavy atom. The molecule has 3 aliphatic heterocycles. The molecule has 0 aliphatic carbocycles. The lowest BCUT2D eigenvalue weighted by atomic mass is 10.0. The van der Waals surface area contributed by atoms with Gasteiger partial charge in [-0.15, -0.1) is 0 Å². The predicted molar refractivity (Wildman–Crippen MR) is 104 cm³/mol. The maximum atomic E-state index is 12.9. The maximum Gasteiger partial charge on any atom is 0.262 e. The highest BCUT2D eigenvalue weighted by Crippen LogP contribution is 2.28. The first-order valence-electron chi connectivity index (χ1n) is 9.97. The summed E-state index contributed by atoms with van der Waals surface area (Å²) in [5.74, 6) is -1.90. The minimum Gasteiger partial charge on any atom is -0.329 e. The Bertz CT molecular complexity index is 862. The highest BCUT2D eigenvalue weighted by molar-refractivity contribution is 6.23. The number of hydrogen-bond donors (Lipinski definition) is 2. The first kappa shape index (κ1) is 19.7. The van der Waals surface area contributed by atoms with E-state index in [1.165, 1.54) is 0 Å². The maximum absolute atomic E-state index is 12.9. The van der Waals surface area contributed by atoms with Crippen LogP contribution >= 0.6 is 0 Å². The molecule has 9 heteroatoms. The van der Waals surface area contributed by atoms with Crippen molar-refractivity contribution in [3.63, 3.8) is 0 Å². The van der Waals surface area contributed by atoms with Crippen molar-refractivity contribution < 1.29 is 19.2 Å². The topological polar surface area (TPSA) is 116 Å². The number of benzene rings is 1. The molecule has 0 aromatic heterocycles. The zero-order chi connectivity index (χ0) is 20.5. The van der Waals surface area contributed by atoms with Gasteiger partial charge in [-0.05, 0) is 24.1 Å². The van der Waals surface area contributed by atoms with E-state index in [0.717, 1.165) is 43.2 Å². The van der Waals surface area contributed by atoms with Gasteiger partial charge in [0.1, 0.15) is 6.04 Å². The lowest BCUT2D eigenvalue weighted by molar-refractivity contribution is -0.136. The van der Waals surface area contributed by atoms with Crippen LogP contribution < -0.4 is 11.1 Å². The van der Waals surface area contributed by atoms with Crippen molar-refractivity contribution in [3.8, 4) is 0 Å². The Kier molecular flexibility index (Phi) is 5.44. The van der Waals surface area contributed by atoms with Crippen LogP contribution in [0, 0.1) is 0 Å². The van der Waals surface area contributed by atoms with Crippen LogP contribution in [-0.2, 0) is 16.1 Å². The number of amides is 4. The molecule has 4 rings (SSSR count). The monoisotopic (exact) mass is 399 g/mol. The molecule has 1 atom stereocenters. The fourth-order valence-electron chi connectivity index (χ4n) is 4.23. The summed E-state index contributed by atoms with van der Waals surface area (Å²) >= 11 is 0. The van der Waals surface area contributed by atoms with Gasteiger partial charge in [-0.25, -0.2) is 0 Å². The second kappa shape index (κ2) is 8.02. The Hall–Kier alpha value is -2.62. The van der Waals surface area contributed by atoms with Gasteiger partial charge in [0, 0.05) is 52.2 Å². The molecule has 0 spiro atoms. The van der Waals surface area contributed by atoms with E-state index < -0.39 is 23.8 Å². The average Bonchev–Trinajstić information content (AvgIpc) is 2.94. The Morgan fingerprint density at radius 2 is 1.66 bits per heavy atom. The highest BCUT2D eigenvalue weighted by atomic mass is 16.2. The van der Waals surface area contributed by atoms with Crippen molar-refractivity contribution >= 4 is 23.6 Å². The van der Waals surface area contributed by atoms with Crippen LogP contribution in [-0.4, -0.2) is 83.6 Å². The van der Waals surface area contributed by atoms with Gasteiger partial charge in [0.05, 0.1) is 11.1 Å². The molecular formula is C20H25N5O4. The molecule has 2 fully saturated rings. The molecule has 29 heavy (non-hydrogen) atoms. The summed E-state index contributed by atoms with van der Waals surface area (Å²) in [5.41, 5.74) is 7.22. The number of nitrogens with one attached hydrogen (secondary N) is 1. The highest BCUT2D eigenvalue weighted by Gasteiger charge is 2.44. The van der Waals surface area contributed by atoms with Crippen LogP contribution in [0.1, 0.15) is 39.1 Å². The third-order valence-corrected chi connectivity index (χ3v) is 5.82. The minimum absolute atomic E-state index is 0.116. The van der Waals surface area contributed by atoms with E-state index >= 15 is 0 Å². The Balaban J connectivity index is 1.46. The SMILES string of the molecule is NCCN1CCN(Cc2ccc3c(c2)C(=O)N(C2CCC(=O)NC2=O)C3=O)CC1. The fraction of sp³-hybridized carbons (Fsp3) is 0.500. The number of carbonyl (C=O) groups excluding carboxylic acids is 4. The van der Waals surface area contributed by atoms with Gasteiger partial charge in [0.2, 0.25) is 11.8 Å². The molecule has 0 saturated carbocycles. The molecule has 3 heterocycles. The molecule has 2 saturated heterocycles. The van der Waals surface area contributed by atoms with Gasteiger partial charge >= 0.3 is 0 Å². The van der Waals surface area contributed by atoms with E-state index in [1.54, 1.807) is 12.1 Å². The zero-order valence-corrected chi connectivity index (χ0v) is 16.2. The van der Waals surface area contributed by atoms with Crippen LogP contribution in [0.2, 0.25) is 0 Å². The molecule has 1 unspecified atom stereocenters. The Morgan fingerprint density at radius 3 is 2.34 bits per heavy atom.